The Morgan fingerprint density at radius 2 is 1.96 bits per heavy atom. The van der Waals surface area contributed by atoms with E-state index in [4.69, 9.17) is 25.6 Å². The second kappa shape index (κ2) is 7.65. The number of fused-ring (bicyclic) bond motifs is 1. The highest BCUT2D eigenvalue weighted by molar-refractivity contribution is 7.19. The summed E-state index contributed by atoms with van der Waals surface area (Å²) in [6.45, 7) is 2.48. The number of thiophene rings is 1. The molecule has 144 valence electrons. The van der Waals surface area contributed by atoms with E-state index in [9.17, 15) is 0 Å². The molecule has 3 aromatic heterocycles. The van der Waals surface area contributed by atoms with Crippen molar-refractivity contribution in [3.63, 3.8) is 0 Å². The van der Waals surface area contributed by atoms with E-state index in [0.29, 0.717) is 40.5 Å². The first kappa shape index (κ1) is 18.5. The highest BCUT2D eigenvalue weighted by Crippen LogP contribution is 2.39. The third-order valence-electron chi connectivity index (χ3n) is 4.22. The van der Waals surface area contributed by atoms with E-state index in [2.05, 4.69) is 20.4 Å². The Kier molecular flexibility index (Phi) is 5.06. The van der Waals surface area contributed by atoms with Crippen LogP contribution in [0.25, 0.3) is 21.8 Å². The summed E-state index contributed by atoms with van der Waals surface area (Å²) in [6.07, 6.45) is 1.56. The first-order valence-electron chi connectivity index (χ1n) is 8.43. The number of hydrogen-bond acceptors (Lipinski definition) is 8. The van der Waals surface area contributed by atoms with Crippen molar-refractivity contribution in [2.45, 2.75) is 13.5 Å². The Bertz CT molecular complexity index is 1130. The van der Waals surface area contributed by atoms with Gasteiger partial charge in [0.05, 0.1) is 30.8 Å². The van der Waals surface area contributed by atoms with Crippen molar-refractivity contribution in [2.75, 3.05) is 19.5 Å². The molecular weight excluding hydrogens is 400 g/mol. The number of rotatable bonds is 6. The van der Waals surface area contributed by atoms with E-state index < -0.39 is 0 Å². The zero-order valence-corrected chi connectivity index (χ0v) is 17.0. The van der Waals surface area contributed by atoms with Gasteiger partial charge in [-0.25, -0.2) is 9.97 Å². The van der Waals surface area contributed by atoms with E-state index in [1.54, 1.807) is 26.5 Å². The molecule has 0 atom stereocenters. The zero-order valence-electron chi connectivity index (χ0n) is 15.4. The average Bonchev–Trinajstić information content (AvgIpc) is 3.34. The third-order valence-corrected chi connectivity index (χ3v) is 5.80. The Balaban J connectivity index is 1.71. The van der Waals surface area contributed by atoms with Crippen molar-refractivity contribution in [3.05, 3.63) is 45.9 Å². The lowest BCUT2D eigenvalue weighted by Crippen LogP contribution is -2.04. The van der Waals surface area contributed by atoms with Crippen LogP contribution in [0.1, 0.15) is 10.4 Å². The van der Waals surface area contributed by atoms with Crippen LogP contribution in [0.3, 0.4) is 0 Å². The lowest BCUT2D eigenvalue weighted by molar-refractivity contribution is 0.354. The average molecular weight is 417 g/mol. The van der Waals surface area contributed by atoms with Gasteiger partial charge in [-0.3, -0.25) is 0 Å². The van der Waals surface area contributed by atoms with Crippen LogP contribution in [0.4, 0.5) is 5.82 Å². The van der Waals surface area contributed by atoms with Gasteiger partial charge in [0.25, 0.3) is 0 Å². The highest BCUT2D eigenvalue weighted by atomic mass is 35.5. The summed E-state index contributed by atoms with van der Waals surface area (Å²) >= 11 is 8.03. The molecular formula is C19H17ClN4O3S. The summed E-state index contributed by atoms with van der Waals surface area (Å²) in [5.41, 5.74) is 1.01. The van der Waals surface area contributed by atoms with E-state index >= 15 is 0 Å². The second-order valence-electron chi connectivity index (χ2n) is 5.97. The Morgan fingerprint density at radius 1 is 1.14 bits per heavy atom. The largest absolute Gasteiger partial charge is 0.493 e. The molecule has 0 saturated heterocycles. The summed E-state index contributed by atoms with van der Waals surface area (Å²) < 4.78 is 15.9. The first-order valence-corrected chi connectivity index (χ1v) is 9.62. The van der Waals surface area contributed by atoms with Gasteiger partial charge < -0.3 is 19.3 Å². The summed E-state index contributed by atoms with van der Waals surface area (Å²) in [4.78, 5) is 11.0. The molecule has 7 nitrogen and oxygen atoms in total. The first-order chi connectivity index (χ1) is 13.6. The fraction of sp³-hybridized carbons (Fsp3) is 0.211. The van der Waals surface area contributed by atoms with Gasteiger partial charge in [0.15, 0.2) is 11.5 Å². The van der Waals surface area contributed by atoms with Crippen LogP contribution in [0, 0.1) is 6.92 Å². The number of nitrogens with zero attached hydrogens (tertiary/aromatic N) is 3. The number of aromatic nitrogens is 3. The summed E-state index contributed by atoms with van der Waals surface area (Å²) in [5, 5.41) is 8.55. The fourth-order valence-electron chi connectivity index (χ4n) is 2.82. The minimum atomic E-state index is 0.456. The van der Waals surface area contributed by atoms with E-state index in [1.165, 1.54) is 11.3 Å². The number of hydrogen-bond donors (Lipinski definition) is 1. The predicted molar refractivity (Wildman–Crippen MR) is 110 cm³/mol. The van der Waals surface area contributed by atoms with Gasteiger partial charge in [0, 0.05) is 17.5 Å². The molecule has 28 heavy (non-hydrogen) atoms. The molecule has 0 aliphatic rings. The van der Waals surface area contributed by atoms with Gasteiger partial charge in [-0.2, -0.15) is 0 Å². The Morgan fingerprint density at radius 3 is 2.68 bits per heavy atom. The van der Waals surface area contributed by atoms with Crippen molar-refractivity contribution >= 4 is 39.0 Å². The quantitative estimate of drug-likeness (QED) is 0.476. The topological polar surface area (TPSA) is 82.3 Å². The molecule has 0 radical (unpaired) electrons. The lowest BCUT2D eigenvalue weighted by atomic mass is 10.2. The molecule has 9 heteroatoms. The van der Waals surface area contributed by atoms with Crippen LogP contribution >= 0.6 is 22.9 Å². The second-order valence-corrected chi connectivity index (χ2v) is 7.55. The monoisotopic (exact) mass is 416 g/mol. The molecule has 0 aliphatic heterocycles. The molecule has 4 aromatic rings. The van der Waals surface area contributed by atoms with Gasteiger partial charge in [-0.05, 0) is 24.6 Å². The van der Waals surface area contributed by atoms with Crippen LogP contribution in [-0.2, 0) is 6.54 Å². The highest BCUT2D eigenvalue weighted by Gasteiger charge is 2.18. The summed E-state index contributed by atoms with van der Waals surface area (Å²) in [6, 6.07) is 7.47. The summed E-state index contributed by atoms with van der Waals surface area (Å²) in [5.74, 6) is 2.94. The van der Waals surface area contributed by atoms with Gasteiger partial charge in [-0.15, -0.1) is 11.3 Å². The van der Waals surface area contributed by atoms with Crippen molar-refractivity contribution in [3.8, 4) is 23.1 Å². The third kappa shape index (κ3) is 3.36. The minimum Gasteiger partial charge on any atom is -0.493 e. The van der Waals surface area contributed by atoms with Crippen LogP contribution < -0.4 is 14.8 Å². The van der Waals surface area contributed by atoms with E-state index in [0.717, 1.165) is 20.7 Å². The van der Waals surface area contributed by atoms with Crippen LogP contribution in [0.5, 0.6) is 11.5 Å². The SMILES string of the molecule is COc1ccc(CNc2nc(-c3ccno3)nc3sc(C)c(Cl)c23)cc1OC. The fourth-order valence-corrected chi connectivity index (χ4v) is 4.09. The van der Waals surface area contributed by atoms with Gasteiger partial charge >= 0.3 is 0 Å². The Hall–Kier alpha value is -2.84. The van der Waals surface area contributed by atoms with Crippen molar-refractivity contribution in [1.82, 2.24) is 15.1 Å². The van der Waals surface area contributed by atoms with E-state index in [-0.39, 0.29) is 0 Å². The molecule has 1 N–H and O–H groups in total. The minimum absolute atomic E-state index is 0.456. The number of nitrogens with one attached hydrogen (secondary N) is 1. The normalized spacial score (nSPS) is 11.0. The molecule has 4 rings (SSSR count). The maximum atomic E-state index is 6.51. The van der Waals surface area contributed by atoms with E-state index in [1.807, 2.05) is 25.1 Å². The van der Waals surface area contributed by atoms with Gasteiger partial charge in [0.2, 0.25) is 11.6 Å². The maximum absolute atomic E-state index is 6.51. The number of benzene rings is 1. The van der Waals surface area contributed by atoms with Crippen molar-refractivity contribution < 1.29 is 14.0 Å². The number of ether oxygens (including phenoxy) is 2. The van der Waals surface area contributed by atoms with Crippen LogP contribution in [0.2, 0.25) is 5.02 Å². The van der Waals surface area contributed by atoms with Crippen molar-refractivity contribution in [1.29, 1.82) is 0 Å². The van der Waals surface area contributed by atoms with Gasteiger partial charge in [0.1, 0.15) is 10.6 Å². The molecule has 0 spiro atoms. The summed E-state index contributed by atoms with van der Waals surface area (Å²) in [7, 11) is 3.22. The standard InChI is InChI=1S/C19H17ClN4O3S/c1-10-16(20)15-18(21-9-11-4-5-12(25-2)14(8-11)26-3)23-17(24-19(15)28-10)13-6-7-22-27-13/h4-8H,9H2,1-3H3,(H,21,23,24). The van der Waals surface area contributed by atoms with Crippen LogP contribution in [0.15, 0.2) is 35.0 Å². The molecule has 0 amide bonds. The molecule has 0 saturated carbocycles. The molecule has 0 unspecified atom stereocenters. The molecule has 1 aromatic carbocycles. The van der Waals surface area contributed by atoms with Crippen LogP contribution in [-0.4, -0.2) is 29.3 Å². The molecule has 0 fully saturated rings. The lowest BCUT2D eigenvalue weighted by Gasteiger charge is -2.11. The number of anilines is 1. The molecule has 0 bridgehead atoms. The number of halogens is 1. The van der Waals surface area contributed by atoms with Gasteiger partial charge in [-0.1, -0.05) is 22.8 Å². The Labute approximate surface area is 170 Å². The zero-order chi connectivity index (χ0) is 19.7. The number of methoxy groups -OCH3 is 2. The molecule has 3 heterocycles. The smallest absolute Gasteiger partial charge is 0.204 e. The van der Waals surface area contributed by atoms with Crippen molar-refractivity contribution in [2.24, 2.45) is 0 Å². The molecule has 0 aliphatic carbocycles. The maximum Gasteiger partial charge on any atom is 0.204 e. The number of aryl methyl sites for hydroxylation is 1. The predicted octanol–water partition coefficient (Wildman–Crippen LogP) is 4.94.